The molecule has 154 valence electrons. The van der Waals surface area contributed by atoms with Crippen LogP contribution in [0.1, 0.15) is 11.1 Å². The van der Waals surface area contributed by atoms with Gasteiger partial charge in [0, 0.05) is 17.7 Å². The minimum Gasteiger partial charge on any atom is -0.488 e. The molecule has 0 spiro atoms. The minimum atomic E-state index is -0.439. The van der Waals surface area contributed by atoms with E-state index < -0.39 is 4.92 Å². The molecule has 1 aliphatic rings. The summed E-state index contributed by atoms with van der Waals surface area (Å²) in [6.07, 6.45) is 1.77. The largest absolute Gasteiger partial charge is 0.488 e. The summed E-state index contributed by atoms with van der Waals surface area (Å²) in [6, 6.07) is 22.9. The summed E-state index contributed by atoms with van der Waals surface area (Å²) in [4.78, 5) is 25.3. The SMILES string of the molecule is O=C1/C(=C\c2ccccc2OCc2ccc([N+](=O)[O-])cc2)SC(=S)N1c1ccccc1. The van der Waals surface area contributed by atoms with Crippen LogP contribution in [0.2, 0.25) is 0 Å². The van der Waals surface area contributed by atoms with Gasteiger partial charge in [-0.15, -0.1) is 0 Å². The summed E-state index contributed by atoms with van der Waals surface area (Å²) in [6.45, 7) is 0.244. The van der Waals surface area contributed by atoms with Crippen molar-refractivity contribution in [3.05, 3.63) is 105 Å². The van der Waals surface area contributed by atoms with Gasteiger partial charge in [0.2, 0.25) is 0 Å². The molecule has 1 saturated heterocycles. The molecule has 8 heteroatoms. The fourth-order valence-electron chi connectivity index (χ4n) is 3.01. The summed E-state index contributed by atoms with van der Waals surface area (Å²) in [5, 5.41) is 10.8. The highest BCUT2D eigenvalue weighted by Crippen LogP contribution is 2.37. The van der Waals surface area contributed by atoms with Crippen LogP contribution >= 0.6 is 24.0 Å². The van der Waals surface area contributed by atoms with E-state index in [1.54, 1.807) is 18.2 Å². The molecule has 0 N–H and O–H groups in total. The third-order valence-corrected chi connectivity index (χ3v) is 5.86. The van der Waals surface area contributed by atoms with Gasteiger partial charge in [-0.25, -0.2) is 0 Å². The molecule has 0 aromatic heterocycles. The normalized spacial score (nSPS) is 14.8. The predicted octanol–water partition coefficient (Wildman–Crippen LogP) is 5.58. The Morgan fingerprint density at radius 3 is 2.39 bits per heavy atom. The molecule has 3 aromatic carbocycles. The van der Waals surface area contributed by atoms with Crippen molar-refractivity contribution in [3.8, 4) is 5.75 Å². The van der Waals surface area contributed by atoms with Gasteiger partial charge in [-0.1, -0.05) is 60.4 Å². The van der Waals surface area contributed by atoms with E-state index in [0.29, 0.717) is 15.0 Å². The Balaban J connectivity index is 1.53. The Bertz CT molecular complexity index is 1180. The number of carbonyl (C=O) groups is 1. The summed E-state index contributed by atoms with van der Waals surface area (Å²) in [7, 11) is 0. The van der Waals surface area contributed by atoms with E-state index in [1.807, 2.05) is 54.6 Å². The highest BCUT2D eigenvalue weighted by Gasteiger charge is 2.33. The lowest BCUT2D eigenvalue weighted by molar-refractivity contribution is -0.384. The number of nitro benzene ring substituents is 1. The van der Waals surface area contributed by atoms with E-state index in [-0.39, 0.29) is 18.2 Å². The first-order valence-corrected chi connectivity index (χ1v) is 10.5. The summed E-state index contributed by atoms with van der Waals surface area (Å²) < 4.78 is 6.40. The first kappa shape index (κ1) is 20.8. The van der Waals surface area contributed by atoms with Crippen LogP contribution in [0.25, 0.3) is 6.08 Å². The highest BCUT2D eigenvalue weighted by molar-refractivity contribution is 8.27. The number of para-hydroxylation sites is 2. The lowest BCUT2D eigenvalue weighted by Gasteiger charge is -2.14. The molecule has 6 nitrogen and oxygen atoms in total. The Morgan fingerprint density at radius 1 is 1.00 bits per heavy atom. The maximum absolute atomic E-state index is 13.0. The number of amides is 1. The third kappa shape index (κ3) is 4.65. The van der Waals surface area contributed by atoms with E-state index in [4.69, 9.17) is 17.0 Å². The molecule has 31 heavy (non-hydrogen) atoms. The maximum Gasteiger partial charge on any atom is 0.270 e. The van der Waals surface area contributed by atoms with Gasteiger partial charge in [-0.05, 0) is 42.0 Å². The predicted molar refractivity (Wildman–Crippen MR) is 126 cm³/mol. The van der Waals surface area contributed by atoms with Crippen LogP contribution in [-0.4, -0.2) is 15.2 Å². The zero-order valence-corrected chi connectivity index (χ0v) is 17.8. The van der Waals surface area contributed by atoms with Crippen molar-refractivity contribution in [3.63, 3.8) is 0 Å². The van der Waals surface area contributed by atoms with Gasteiger partial charge in [0.05, 0.1) is 15.5 Å². The topological polar surface area (TPSA) is 72.7 Å². The molecule has 0 saturated carbocycles. The van der Waals surface area contributed by atoms with Crippen molar-refractivity contribution in [2.45, 2.75) is 6.61 Å². The number of benzene rings is 3. The molecule has 4 rings (SSSR count). The van der Waals surface area contributed by atoms with Crippen LogP contribution in [0.5, 0.6) is 5.75 Å². The Morgan fingerprint density at radius 2 is 1.68 bits per heavy atom. The van der Waals surface area contributed by atoms with Crippen LogP contribution in [0.3, 0.4) is 0 Å². The van der Waals surface area contributed by atoms with Crippen LogP contribution in [0, 0.1) is 10.1 Å². The standard InChI is InChI=1S/C23H16N2O4S2/c26-22-21(31-23(30)24(22)18-7-2-1-3-8-18)14-17-6-4-5-9-20(17)29-15-16-10-12-19(13-11-16)25(27)28/h1-14H,15H2/b21-14+. The average molecular weight is 449 g/mol. The molecule has 1 aliphatic heterocycles. The van der Waals surface area contributed by atoms with Gasteiger partial charge in [0.25, 0.3) is 11.6 Å². The summed E-state index contributed by atoms with van der Waals surface area (Å²) >= 11 is 6.67. The first-order chi connectivity index (χ1) is 15.0. The number of nitrogens with zero attached hydrogens (tertiary/aromatic N) is 2. The lowest BCUT2D eigenvalue weighted by Crippen LogP contribution is -2.27. The number of non-ortho nitro benzene ring substituents is 1. The second kappa shape index (κ2) is 9.11. The van der Waals surface area contributed by atoms with Gasteiger partial charge in [-0.3, -0.25) is 19.8 Å². The Kier molecular flexibility index (Phi) is 6.11. The molecule has 0 aliphatic carbocycles. The lowest BCUT2D eigenvalue weighted by atomic mass is 10.1. The fraction of sp³-hybridized carbons (Fsp3) is 0.0435. The second-order valence-electron chi connectivity index (χ2n) is 6.60. The Labute approximate surface area is 188 Å². The number of hydrogen-bond acceptors (Lipinski definition) is 6. The molecule has 1 fully saturated rings. The van der Waals surface area contributed by atoms with E-state index in [0.717, 1.165) is 16.8 Å². The third-order valence-electron chi connectivity index (χ3n) is 4.56. The maximum atomic E-state index is 13.0. The van der Waals surface area contributed by atoms with Crippen molar-refractivity contribution < 1.29 is 14.5 Å². The van der Waals surface area contributed by atoms with E-state index >= 15 is 0 Å². The molecular weight excluding hydrogens is 432 g/mol. The minimum absolute atomic E-state index is 0.0320. The van der Waals surface area contributed by atoms with E-state index in [1.165, 1.54) is 28.8 Å². The molecule has 1 amide bonds. The van der Waals surface area contributed by atoms with Crippen LogP contribution in [-0.2, 0) is 11.4 Å². The average Bonchev–Trinajstić information content (AvgIpc) is 3.06. The van der Waals surface area contributed by atoms with Gasteiger partial charge in [0.15, 0.2) is 4.32 Å². The first-order valence-electron chi connectivity index (χ1n) is 9.31. The van der Waals surface area contributed by atoms with Crippen molar-refractivity contribution in [1.82, 2.24) is 0 Å². The van der Waals surface area contributed by atoms with Crippen LogP contribution < -0.4 is 9.64 Å². The zero-order chi connectivity index (χ0) is 21.8. The number of hydrogen-bond donors (Lipinski definition) is 0. The number of ether oxygens (including phenoxy) is 1. The summed E-state index contributed by atoms with van der Waals surface area (Å²) in [5.74, 6) is 0.428. The number of nitro groups is 1. The smallest absolute Gasteiger partial charge is 0.270 e. The molecule has 0 atom stereocenters. The monoisotopic (exact) mass is 448 g/mol. The van der Waals surface area contributed by atoms with Crippen molar-refractivity contribution >= 4 is 51.7 Å². The van der Waals surface area contributed by atoms with Crippen molar-refractivity contribution in [2.75, 3.05) is 4.90 Å². The molecule has 0 bridgehead atoms. The van der Waals surface area contributed by atoms with Crippen LogP contribution in [0.4, 0.5) is 11.4 Å². The second-order valence-corrected chi connectivity index (χ2v) is 8.28. The molecular formula is C23H16N2O4S2. The Hall–Kier alpha value is -3.49. The van der Waals surface area contributed by atoms with Gasteiger partial charge < -0.3 is 4.74 Å². The van der Waals surface area contributed by atoms with Crippen molar-refractivity contribution in [1.29, 1.82) is 0 Å². The van der Waals surface area contributed by atoms with Crippen LogP contribution in [0.15, 0.2) is 83.8 Å². The molecule has 1 heterocycles. The van der Waals surface area contributed by atoms with Gasteiger partial charge in [-0.2, -0.15) is 0 Å². The van der Waals surface area contributed by atoms with E-state index in [9.17, 15) is 14.9 Å². The van der Waals surface area contributed by atoms with Gasteiger partial charge in [0.1, 0.15) is 12.4 Å². The number of thioether (sulfide) groups is 1. The van der Waals surface area contributed by atoms with Crippen molar-refractivity contribution in [2.24, 2.45) is 0 Å². The zero-order valence-electron chi connectivity index (χ0n) is 16.1. The van der Waals surface area contributed by atoms with E-state index in [2.05, 4.69) is 0 Å². The molecule has 3 aromatic rings. The number of carbonyl (C=O) groups excluding carboxylic acids is 1. The molecule has 0 radical (unpaired) electrons. The highest BCUT2D eigenvalue weighted by atomic mass is 32.2. The fourth-order valence-corrected chi connectivity index (χ4v) is 4.30. The number of anilines is 1. The quantitative estimate of drug-likeness (QED) is 0.212. The summed E-state index contributed by atoms with van der Waals surface area (Å²) in [5.41, 5.74) is 2.31. The number of rotatable bonds is 6. The number of thiocarbonyl (C=S) groups is 1. The molecule has 0 unspecified atom stereocenters. The van der Waals surface area contributed by atoms with Gasteiger partial charge >= 0.3 is 0 Å².